The van der Waals surface area contributed by atoms with E-state index in [0.717, 1.165) is 16.9 Å². The molecule has 4 rings (SSSR count). The fourth-order valence-electron chi connectivity index (χ4n) is 3.28. The molecule has 5 nitrogen and oxygen atoms in total. The maximum Gasteiger partial charge on any atom is 0.265 e. The lowest BCUT2D eigenvalue weighted by Gasteiger charge is -2.25. The van der Waals surface area contributed by atoms with Crippen LogP contribution in [0.2, 0.25) is 0 Å². The average molecular weight is 368 g/mol. The number of carbonyl (C=O) groups excluding carboxylic acids is 2. The Labute approximate surface area is 156 Å². The van der Waals surface area contributed by atoms with Gasteiger partial charge in [0.15, 0.2) is 6.10 Å². The molecule has 2 heterocycles. The fourth-order valence-corrected chi connectivity index (χ4v) is 4.45. The third kappa shape index (κ3) is 3.42. The van der Waals surface area contributed by atoms with Crippen LogP contribution in [0.3, 0.4) is 0 Å². The van der Waals surface area contributed by atoms with E-state index in [1.165, 1.54) is 0 Å². The van der Waals surface area contributed by atoms with Gasteiger partial charge in [-0.25, -0.2) is 0 Å². The van der Waals surface area contributed by atoms with Crippen LogP contribution in [-0.2, 0) is 22.6 Å². The summed E-state index contributed by atoms with van der Waals surface area (Å²) in [5, 5.41) is 2.95. The number of carbonyl (C=O) groups is 2. The van der Waals surface area contributed by atoms with Gasteiger partial charge in [0.25, 0.3) is 5.91 Å². The van der Waals surface area contributed by atoms with Crippen molar-refractivity contribution < 1.29 is 14.3 Å². The highest BCUT2D eigenvalue weighted by atomic mass is 32.2. The van der Waals surface area contributed by atoms with Gasteiger partial charge < -0.3 is 15.0 Å². The highest BCUT2D eigenvalue weighted by Crippen LogP contribution is 2.31. The maximum atomic E-state index is 12.9. The van der Waals surface area contributed by atoms with Crippen molar-refractivity contribution in [2.24, 2.45) is 0 Å². The predicted octanol–water partition coefficient (Wildman–Crippen LogP) is 2.21. The summed E-state index contributed by atoms with van der Waals surface area (Å²) in [7, 11) is 0. The molecule has 1 N–H and O–H groups in total. The van der Waals surface area contributed by atoms with Crippen molar-refractivity contribution >= 4 is 23.6 Å². The number of nitrogens with one attached hydrogen (secondary N) is 1. The van der Waals surface area contributed by atoms with E-state index in [4.69, 9.17) is 4.74 Å². The molecule has 0 aliphatic carbocycles. The Morgan fingerprint density at radius 2 is 1.88 bits per heavy atom. The molecular formula is C20H20N2O3S. The molecule has 2 atom stereocenters. The highest BCUT2D eigenvalue weighted by molar-refractivity contribution is 7.99. The molecule has 1 fully saturated rings. The molecular weight excluding hydrogens is 348 g/mol. The van der Waals surface area contributed by atoms with Crippen LogP contribution in [0.5, 0.6) is 5.75 Å². The first-order valence-electron chi connectivity index (χ1n) is 8.67. The van der Waals surface area contributed by atoms with Gasteiger partial charge in [0.2, 0.25) is 5.91 Å². The van der Waals surface area contributed by atoms with Gasteiger partial charge in [0.05, 0.1) is 5.88 Å². The van der Waals surface area contributed by atoms with Crippen LogP contribution < -0.4 is 10.1 Å². The Morgan fingerprint density at radius 3 is 2.69 bits per heavy atom. The van der Waals surface area contributed by atoms with E-state index >= 15 is 0 Å². The summed E-state index contributed by atoms with van der Waals surface area (Å²) >= 11 is 1.60. The Kier molecular flexibility index (Phi) is 4.84. The van der Waals surface area contributed by atoms with Crippen molar-refractivity contribution in [3.63, 3.8) is 0 Å². The Balaban J connectivity index is 1.38. The number of amides is 2. The number of para-hydroxylation sites is 1. The summed E-state index contributed by atoms with van der Waals surface area (Å²) in [6.45, 7) is 0.467. The minimum Gasteiger partial charge on any atom is -0.480 e. The van der Waals surface area contributed by atoms with Gasteiger partial charge in [0.1, 0.15) is 11.8 Å². The Morgan fingerprint density at radius 1 is 1.12 bits per heavy atom. The molecule has 0 radical (unpaired) electrons. The molecule has 0 saturated carbocycles. The molecule has 2 aliphatic rings. The second-order valence-corrected chi connectivity index (χ2v) is 7.45. The lowest BCUT2D eigenvalue weighted by molar-refractivity contribution is -0.143. The molecule has 26 heavy (non-hydrogen) atoms. The van der Waals surface area contributed by atoms with Gasteiger partial charge in [-0.2, -0.15) is 0 Å². The minimum atomic E-state index is -0.532. The van der Waals surface area contributed by atoms with E-state index < -0.39 is 12.1 Å². The molecule has 6 heteroatoms. The van der Waals surface area contributed by atoms with Crippen LogP contribution >= 0.6 is 11.8 Å². The van der Waals surface area contributed by atoms with Crippen LogP contribution in [0.15, 0.2) is 54.6 Å². The van der Waals surface area contributed by atoms with E-state index in [9.17, 15) is 9.59 Å². The monoisotopic (exact) mass is 368 g/mol. The molecule has 0 aromatic heterocycles. The van der Waals surface area contributed by atoms with Crippen molar-refractivity contribution in [3.8, 4) is 5.75 Å². The molecule has 0 spiro atoms. The number of rotatable bonds is 4. The SMILES string of the molecule is O=C(NCc1ccccc1)C1CSCN1C(=O)C1Cc2ccccc2O1. The number of fused-ring (bicyclic) bond motifs is 1. The van der Waals surface area contributed by atoms with Gasteiger partial charge in [-0.1, -0.05) is 48.5 Å². The van der Waals surface area contributed by atoms with Crippen molar-refractivity contribution in [2.45, 2.75) is 25.1 Å². The van der Waals surface area contributed by atoms with Crippen molar-refractivity contribution in [1.29, 1.82) is 0 Å². The molecule has 2 aromatic rings. The van der Waals surface area contributed by atoms with E-state index in [1.807, 2.05) is 54.6 Å². The van der Waals surface area contributed by atoms with Crippen molar-refractivity contribution in [1.82, 2.24) is 10.2 Å². The first-order valence-corrected chi connectivity index (χ1v) is 9.82. The highest BCUT2D eigenvalue weighted by Gasteiger charge is 2.40. The topological polar surface area (TPSA) is 58.6 Å². The van der Waals surface area contributed by atoms with E-state index in [1.54, 1.807) is 16.7 Å². The summed E-state index contributed by atoms with van der Waals surface area (Å²) in [4.78, 5) is 27.2. The van der Waals surface area contributed by atoms with Crippen molar-refractivity contribution in [3.05, 3.63) is 65.7 Å². The molecule has 0 bridgehead atoms. The van der Waals surface area contributed by atoms with Gasteiger partial charge in [-0.05, 0) is 17.2 Å². The summed E-state index contributed by atoms with van der Waals surface area (Å²) in [6, 6.07) is 17.0. The number of nitrogens with zero attached hydrogens (tertiary/aromatic N) is 1. The standard InChI is InChI=1S/C20H20N2O3S/c23-19(21-11-14-6-2-1-3-7-14)16-12-26-13-22(16)20(24)18-10-15-8-4-5-9-17(15)25-18/h1-9,16,18H,10-13H2,(H,21,23). The zero-order valence-corrected chi connectivity index (χ0v) is 15.1. The molecule has 2 aromatic carbocycles. The first-order chi connectivity index (χ1) is 12.7. The van der Waals surface area contributed by atoms with Crippen LogP contribution in [0.4, 0.5) is 0 Å². The van der Waals surface area contributed by atoms with Gasteiger partial charge in [-0.3, -0.25) is 9.59 Å². The number of hydrogen-bond acceptors (Lipinski definition) is 4. The lowest BCUT2D eigenvalue weighted by atomic mass is 10.1. The third-order valence-electron chi connectivity index (χ3n) is 4.70. The number of ether oxygens (including phenoxy) is 1. The van der Waals surface area contributed by atoms with Crippen LogP contribution in [0.1, 0.15) is 11.1 Å². The molecule has 2 aliphatic heterocycles. The lowest BCUT2D eigenvalue weighted by Crippen LogP contribution is -2.50. The summed E-state index contributed by atoms with van der Waals surface area (Å²) < 4.78 is 5.81. The quantitative estimate of drug-likeness (QED) is 0.899. The van der Waals surface area contributed by atoms with E-state index in [0.29, 0.717) is 24.6 Å². The zero-order chi connectivity index (χ0) is 17.9. The number of hydrogen-bond donors (Lipinski definition) is 1. The summed E-state index contributed by atoms with van der Waals surface area (Å²) in [5.41, 5.74) is 2.08. The second kappa shape index (κ2) is 7.41. The molecule has 2 unspecified atom stereocenters. The van der Waals surface area contributed by atoms with Crippen molar-refractivity contribution in [2.75, 3.05) is 11.6 Å². The Hall–Kier alpha value is -2.47. The van der Waals surface area contributed by atoms with E-state index in [-0.39, 0.29) is 11.8 Å². The predicted molar refractivity (Wildman–Crippen MR) is 101 cm³/mol. The van der Waals surface area contributed by atoms with Crippen LogP contribution in [-0.4, -0.2) is 40.5 Å². The number of thioether (sulfide) groups is 1. The third-order valence-corrected chi connectivity index (χ3v) is 5.71. The first kappa shape index (κ1) is 17.0. The zero-order valence-electron chi connectivity index (χ0n) is 14.3. The fraction of sp³-hybridized carbons (Fsp3) is 0.300. The van der Waals surface area contributed by atoms with Gasteiger partial charge in [0, 0.05) is 18.7 Å². The maximum absolute atomic E-state index is 12.9. The summed E-state index contributed by atoms with van der Waals surface area (Å²) in [6.07, 6.45) is 0.0321. The van der Waals surface area contributed by atoms with Crippen LogP contribution in [0.25, 0.3) is 0 Å². The molecule has 2 amide bonds. The minimum absolute atomic E-state index is 0.105. The number of benzene rings is 2. The molecule has 134 valence electrons. The largest absolute Gasteiger partial charge is 0.480 e. The van der Waals surface area contributed by atoms with Gasteiger partial charge >= 0.3 is 0 Å². The normalized spacial score (nSPS) is 21.2. The Bertz CT molecular complexity index is 787. The second-order valence-electron chi connectivity index (χ2n) is 6.45. The van der Waals surface area contributed by atoms with Crippen LogP contribution in [0, 0.1) is 0 Å². The average Bonchev–Trinajstić information content (AvgIpc) is 3.33. The van der Waals surface area contributed by atoms with Gasteiger partial charge in [-0.15, -0.1) is 11.8 Å². The van der Waals surface area contributed by atoms with E-state index in [2.05, 4.69) is 5.32 Å². The molecule has 1 saturated heterocycles. The smallest absolute Gasteiger partial charge is 0.265 e. The summed E-state index contributed by atoms with van der Waals surface area (Å²) in [5.74, 6) is 1.70.